The third-order valence-electron chi connectivity index (χ3n) is 9.42. The van der Waals surface area contributed by atoms with Gasteiger partial charge in [-0.05, 0) is 104 Å². The van der Waals surface area contributed by atoms with Gasteiger partial charge in [0.05, 0.1) is 21.4 Å². The number of aliphatic hydroxyl groups is 2. The maximum atomic E-state index is 13.3. The first-order valence-electron chi connectivity index (χ1n) is 17.4. The molecule has 0 saturated heterocycles. The third kappa shape index (κ3) is 10.1. The summed E-state index contributed by atoms with van der Waals surface area (Å²) in [6, 6.07) is 21.8. The second-order valence-corrected chi connectivity index (χ2v) is 14.7. The fraction of sp³-hybridized carbons (Fsp3) is 0.359. The van der Waals surface area contributed by atoms with Crippen LogP contribution in [0.15, 0.2) is 88.4 Å². The smallest absolute Gasteiger partial charge is 0.349 e. The number of pyridine rings is 1. The van der Waals surface area contributed by atoms with Crippen LogP contribution in [0.1, 0.15) is 52.7 Å². The number of phenolic OH excluding ortho intramolecular Hbond substituents is 1. The highest BCUT2D eigenvalue weighted by Crippen LogP contribution is 2.38. The number of esters is 1. The number of aliphatic hydroxyl groups excluding tert-OH is 1. The summed E-state index contributed by atoms with van der Waals surface area (Å²) < 4.78 is 11.9. The number of hydrogen-bond donors (Lipinski definition) is 6. The highest BCUT2D eigenvalue weighted by molar-refractivity contribution is 7.12. The number of nitrogens with one attached hydrogen (secondary N) is 2. The minimum absolute atomic E-state index is 0.0312. The van der Waals surface area contributed by atoms with Gasteiger partial charge in [-0.3, -0.25) is 9.59 Å². The van der Waals surface area contributed by atoms with E-state index in [2.05, 4.69) is 22.2 Å². The molecule has 282 valence electrons. The molecule has 1 saturated carbocycles. The monoisotopic (exact) mass is 763 g/mol. The SMILES string of the molecule is CN(CCOc1ccc(CCNC[C@H](O)c2ccc(O)c3[nH]c(=O)ccc23)cc1)[C@H]1CC[C@H](OC(=O)C(O)(c2cccs2)c2cccs2)CC1.O=CO. The van der Waals surface area contributed by atoms with Crippen molar-refractivity contribution in [3.63, 3.8) is 0 Å². The number of fused-ring (bicyclic) bond motifs is 1. The zero-order chi connectivity index (χ0) is 37.8. The summed E-state index contributed by atoms with van der Waals surface area (Å²) in [4.78, 5) is 39.4. The summed E-state index contributed by atoms with van der Waals surface area (Å²) in [5.41, 5.74) is 0.0131. The van der Waals surface area contributed by atoms with Gasteiger partial charge in [0.1, 0.15) is 24.2 Å². The first kappa shape index (κ1) is 39.6. The van der Waals surface area contributed by atoms with Gasteiger partial charge in [-0.15, -0.1) is 22.7 Å². The zero-order valence-electron chi connectivity index (χ0n) is 29.4. The average Bonchev–Trinajstić information content (AvgIpc) is 3.91. The second kappa shape index (κ2) is 19.0. The molecule has 5 aromatic rings. The van der Waals surface area contributed by atoms with E-state index in [4.69, 9.17) is 19.4 Å². The van der Waals surface area contributed by atoms with Gasteiger partial charge < -0.3 is 45.1 Å². The Labute approximate surface area is 315 Å². The third-order valence-corrected chi connectivity index (χ3v) is 11.4. The summed E-state index contributed by atoms with van der Waals surface area (Å²) in [7, 11) is 2.10. The molecule has 0 aliphatic heterocycles. The largest absolute Gasteiger partial charge is 0.506 e. The molecule has 3 heterocycles. The van der Waals surface area contributed by atoms with E-state index in [1.54, 1.807) is 24.3 Å². The van der Waals surface area contributed by atoms with Crippen LogP contribution >= 0.6 is 22.7 Å². The molecule has 1 atom stereocenters. The molecule has 3 aromatic heterocycles. The number of phenols is 1. The van der Waals surface area contributed by atoms with Crippen LogP contribution in [0.5, 0.6) is 11.5 Å². The van der Waals surface area contributed by atoms with Crippen LogP contribution in [0.4, 0.5) is 0 Å². The molecule has 12 nitrogen and oxygen atoms in total. The van der Waals surface area contributed by atoms with Crippen molar-refractivity contribution in [3.8, 4) is 11.5 Å². The molecule has 0 amide bonds. The molecule has 1 fully saturated rings. The number of carboxylic acid groups (broad SMARTS) is 1. The number of aromatic nitrogens is 1. The Kier molecular flexibility index (Phi) is 14.2. The van der Waals surface area contributed by atoms with Crippen molar-refractivity contribution < 1.29 is 39.5 Å². The fourth-order valence-electron chi connectivity index (χ4n) is 6.51. The lowest BCUT2D eigenvalue weighted by Crippen LogP contribution is -2.42. The van der Waals surface area contributed by atoms with E-state index in [1.165, 1.54) is 34.8 Å². The van der Waals surface area contributed by atoms with Crippen molar-refractivity contribution in [2.24, 2.45) is 0 Å². The Morgan fingerprint density at radius 3 is 2.30 bits per heavy atom. The van der Waals surface area contributed by atoms with Crippen molar-refractivity contribution in [3.05, 3.63) is 115 Å². The highest BCUT2D eigenvalue weighted by Gasteiger charge is 2.45. The van der Waals surface area contributed by atoms with Crippen molar-refractivity contribution in [1.29, 1.82) is 0 Å². The first-order chi connectivity index (χ1) is 25.6. The standard InChI is InChI=1S/C38H43N3O7S2.CH2O2/c1-41(26-8-12-28(13-9-26)48-37(45)38(46,33-4-2-22-49-33)34-5-3-23-50-34)20-21-47-27-10-6-25(7-11-27)18-19-39-24-32(43)29-14-16-31(42)36-30(29)15-17-35(44)40-36;2-1-3/h2-7,10-11,14-17,22-23,26,28,32,39,42-43,46H,8-9,12-13,18-21,24H2,1H3,(H,40,44);1H,(H,2,3)/t26-,28-,32-;/m0./s1. The molecule has 6 rings (SSSR count). The fourth-order valence-corrected chi connectivity index (χ4v) is 8.22. The second-order valence-electron chi connectivity index (χ2n) is 12.8. The Bertz CT molecular complexity index is 1910. The van der Waals surface area contributed by atoms with Crippen LogP contribution in [0.25, 0.3) is 10.9 Å². The number of rotatable bonds is 15. The molecular formula is C39H45N3O9S2. The predicted molar refractivity (Wildman–Crippen MR) is 205 cm³/mol. The van der Waals surface area contributed by atoms with E-state index >= 15 is 0 Å². The van der Waals surface area contributed by atoms with Gasteiger partial charge >= 0.3 is 5.97 Å². The molecule has 0 radical (unpaired) electrons. The predicted octanol–water partition coefficient (Wildman–Crippen LogP) is 5.02. The number of likely N-dealkylation sites (N-methyl/N-ethyl adjacent to an activating group) is 1. The van der Waals surface area contributed by atoms with Crippen LogP contribution in [0.3, 0.4) is 0 Å². The molecule has 1 aliphatic carbocycles. The molecule has 14 heteroatoms. The molecule has 0 spiro atoms. The number of H-pyrrole nitrogens is 1. The number of carbonyl (C=O) groups excluding carboxylic acids is 1. The number of aromatic hydroxyl groups is 1. The van der Waals surface area contributed by atoms with Gasteiger partial charge in [-0.1, -0.05) is 30.3 Å². The van der Waals surface area contributed by atoms with Gasteiger partial charge in [-0.25, -0.2) is 4.79 Å². The summed E-state index contributed by atoms with van der Waals surface area (Å²) in [6.07, 6.45) is 3.05. The number of ether oxygens (including phenoxy) is 2. The van der Waals surface area contributed by atoms with E-state index < -0.39 is 17.7 Å². The molecule has 0 bridgehead atoms. The number of thiophene rings is 2. The van der Waals surface area contributed by atoms with Gasteiger partial charge in [0, 0.05) is 30.6 Å². The molecule has 1 aliphatic rings. The summed E-state index contributed by atoms with van der Waals surface area (Å²) in [6.45, 7) is 2.07. The summed E-state index contributed by atoms with van der Waals surface area (Å²) in [5.74, 6) is 0.173. The van der Waals surface area contributed by atoms with Crippen molar-refractivity contribution in [2.45, 2.75) is 56.0 Å². The van der Waals surface area contributed by atoms with Crippen molar-refractivity contribution in [1.82, 2.24) is 15.2 Å². The van der Waals surface area contributed by atoms with E-state index in [1.807, 2.05) is 47.2 Å². The van der Waals surface area contributed by atoms with Crippen LogP contribution in [-0.2, 0) is 26.3 Å². The Morgan fingerprint density at radius 1 is 1.02 bits per heavy atom. The lowest BCUT2D eigenvalue weighted by atomic mass is 9.91. The minimum atomic E-state index is -1.78. The van der Waals surface area contributed by atoms with E-state index in [0.29, 0.717) is 52.0 Å². The minimum Gasteiger partial charge on any atom is -0.506 e. The average molecular weight is 764 g/mol. The number of hydrogen-bond acceptors (Lipinski definition) is 12. The maximum Gasteiger partial charge on any atom is 0.349 e. The van der Waals surface area contributed by atoms with E-state index in [0.717, 1.165) is 50.0 Å². The number of aromatic amines is 1. The lowest BCUT2D eigenvalue weighted by molar-refractivity contribution is -0.169. The number of nitrogens with zero attached hydrogens (tertiary/aromatic N) is 1. The Balaban J connectivity index is 0.00000175. The molecule has 2 aromatic carbocycles. The Morgan fingerprint density at radius 2 is 1.68 bits per heavy atom. The zero-order valence-corrected chi connectivity index (χ0v) is 31.0. The topological polar surface area (TPSA) is 182 Å². The Hall–Kier alpha value is -4.57. The highest BCUT2D eigenvalue weighted by atomic mass is 32.1. The van der Waals surface area contributed by atoms with Gasteiger partial charge in [0.25, 0.3) is 6.47 Å². The molecule has 6 N–H and O–H groups in total. The quantitative estimate of drug-likeness (QED) is 0.0479. The van der Waals surface area contributed by atoms with E-state index in [-0.39, 0.29) is 23.9 Å². The summed E-state index contributed by atoms with van der Waals surface area (Å²) >= 11 is 2.70. The summed E-state index contributed by atoms with van der Waals surface area (Å²) in [5, 5.41) is 46.9. The van der Waals surface area contributed by atoms with E-state index in [9.17, 15) is 24.9 Å². The van der Waals surface area contributed by atoms with Gasteiger partial charge in [-0.2, -0.15) is 0 Å². The van der Waals surface area contributed by atoms with Crippen LogP contribution in [0.2, 0.25) is 0 Å². The number of carbonyl (C=O) groups is 2. The lowest BCUT2D eigenvalue weighted by Gasteiger charge is -2.35. The van der Waals surface area contributed by atoms with Crippen LogP contribution in [-0.4, -0.2) is 88.2 Å². The maximum absolute atomic E-state index is 13.3. The van der Waals surface area contributed by atoms with Crippen molar-refractivity contribution >= 4 is 46.0 Å². The van der Waals surface area contributed by atoms with Gasteiger partial charge in [0.15, 0.2) is 0 Å². The first-order valence-corrected chi connectivity index (χ1v) is 19.1. The van der Waals surface area contributed by atoms with Crippen LogP contribution in [0, 0.1) is 0 Å². The molecular weight excluding hydrogens is 719 g/mol. The van der Waals surface area contributed by atoms with Crippen LogP contribution < -0.4 is 15.6 Å². The number of benzene rings is 2. The van der Waals surface area contributed by atoms with Crippen molar-refractivity contribution in [2.75, 3.05) is 33.3 Å². The molecule has 53 heavy (non-hydrogen) atoms. The van der Waals surface area contributed by atoms with Gasteiger partial charge in [0.2, 0.25) is 11.2 Å². The molecule has 0 unspecified atom stereocenters. The normalized spacial score (nSPS) is 16.5.